The Morgan fingerprint density at radius 3 is 2.20 bits per heavy atom. The Hall–Kier alpha value is -1.32. The molecular weight excluding hydrogens is 256 g/mol. The normalized spacial score (nSPS) is 29.9. The summed E-state index contributed by atoms with van der Waals surface area (Å²) in [6.07, 6.45) is 8.48. The van der Waals surface area contributed by atoms with Crippen LogP contribution in [0.1, 0.15) is 52.4 Å². The molecule has 1 N–H and O–H groups in total. The molecule has 0 amide bonds. The fraction of sp³-hybridized carbons (Fsp3) is 0.750. The third-order valence-electron chi connectivity index (χ3n) is 4.62. The fourth-order valence-electron chi connectivity index (χ4n) is 3.09. The molecule has 0 aromatic rings. The maximum Gasteiger partial charge on any atom is 0.310 e. The lowest BCUT2D eigenvalue weighted by Gasteiger charge is -2.35. The molecule has 2 atom stereocenters. The summed E-state index contributed by atoms with van der Waals surface area (Å²) in [6.45, 7) is 4.47. The molecule has 0 spiro atoms. The number of allylic oxidation sites excluding steroid dienone is 2. The number of carbonyl (C=O) groups is 2. The van der Waals surface area contributed by atoms with Crippen molar-refractivity contribution < 1.29 is 19.4 Å². The molecule has 2 unspecified atom stereocenters. The fourth-order valence-corrected chi connectivity index (χ4v) is 3.09. The van der Waals surface area contributed by atoms with Crippen LogP contribution in [0.25, 0.3) is 0 Å². The van der Waals surface area contributed by atoms with Gasteiger partial charge < -0.3 is 9.84 Å². The molecule has 1 saturated carbocycles. The van der Waals surface area contributed by atoms with E-state index in [1.165, 1.54) is 0 Å². The molecule has 1 fully saturated rings. The van der Waals surface area contributed by atoms with Crippen molar-refractivity contribution in [2.75, 3.05) is 0 Å². The van der Waals surface area contributed by atoms with Crippen LogP contribution in [0.5, 0.6) is 0 Å². The summed E-state index contributed by atoms with van der Waals surface area (Å²) < 4.78 is 5.57. The summed E-state index contributed by atoms with van der Waals surface area (Å²) in [4.78, 5) is 23.4. The van der Waals surface area contributed by atoms with Crippen LogP contribution in [-0.4, -0.2) is 23.1 Å². The van der Waals surface area contributed by atoms with Gasteiger partial charge in [-0.25, -0.2) is 0 Å². The van der Waals surface area contributed by atoms with Crippen molar-refractivity contribution in [2.24, 2.45) is 17.3 Å². The van der Waals surface area contributed by atoms with Crippen LogP contribution in [0.2, 0.25) is 0 Å². The second-order valence-corrected chi connectivity index (χ2v) is 6.79. The molecule has 0 saturated heterocycles. The van der Waals surface area contributed by atoms with E-state index in [0.717, 1.165) is 25.7 Å². The Bertz CT molecular complexity index is 401. The number of carbonyl (C=O) groups excluding carboxylic acids is 1. The monoisotopic (exact) mass is 280 g/mol. The molecule has 2 rings (SSSR count). The molecule has 112 valence electrons. The van der Waals surface area contributed by atoms with E-state index in [2.05, 4.69) is 13.8 Å². The minimum absolute atomic E-state index is 0.0316. The molecule has 0 radical (unpaired) electrons. The van der Waals surface area contributed by atoms with Gasteiger partial charge in [0.1, 0.15) is 6.10 Å². The van der Waals surface area contributed by atoms with Crippen LogP contribution in [0.4, 0.5) is 0 Å². The lowest BCUT2D eigenvalue weighted by molar-refractivity contribution is -0.163. The van der Waals surface area contributed by atoms with Crippen molar-refractivity contribution in [1.82, 2.24) is 0 Å². The number of carboxylic acid groups (broad SMARTS) is 1. The van der Waals surface area contributed by atoms with Gasteiger partial charge in [-0.1, -0.05) is 26.0 Å². The summed E-state index contributed by atoms with van der Waals surface area (Å²) >= 11 is 0. The maximum absolute atomic E-state index is 12.2. The van der Waals surface area contributed by atoms with Crippen molar-refractivity contribution in [3.63, 3.8) is 0 Å². The van der Waals surface area contributed by atoms with Crippen LogP contribution >= 0.6 is 0 Å². The maximum atomic E-state index is 12.2. The minimum Gasteiger partial charge on any atom is -0.481 e. The Morgan fingerprint density at radius 2 is 1.65 bits per heavy atom. The van der Waals surface area contributed by atoms with Crippen LogP contribution in [0.15, 0.2) is 12.2 Å². The van der Waals surface area contributed by atoms with E-state index < -0.39 is 17.8 Å². The third-order valence-corrected chi connectivity index (χ3v) is 4.62. The molecule has 0 heterocycles. The number of esters is 1. The van der Waals surface area contributed by atoms with Crippen LogP contribution < -0.4 is 0 Å². The molecule has 2 aliphatic carbocycles. The number of carboxylic acids is 1. The lowest BCUT2D eigenvalue weighted by atomic mass is 9.76. The Labute approximate surface area is 120 Å². The molecule has 0 aliphatic heterocycles. The Balaban J connectivity index is 1.91. The molecule has 0 bridgehead atoms. The highest BCUT2D eigenvalue weighted by Crippen LogP contribution is 2.37. The number of ether oxygens (including phenoxy) is 1. The smallest absolute Gasteiger partial charge is 0.310 e. The quantitative estimate of drug-likeness (QED) is 0.637. The van der Waals surface area contributed by atoms with E-state index in [0.29, 0.717) is 18.3 Å². The summed E-state index contributed by atoms with van der Waals surface area (Å²) in [5.41, 5.74) is 0.333. The molecular formula is C16H24O4. The second kappa shape index (κ2) is 5.98. The Kier molecular flexibility index (Phi) is 4.51. The van der Waals surface area contributed by atoms with Gasteiger partial charge in [0, 0.05) is 0 Å². The SMILES string of the molecule is CC1(C)CCC(OC(=O)C2CC=CCC2C(=O)O)CC1. The van der Waals surface area contributed by atoms with Crippen molar-refractivity contribution in [1.29, 1.82) is 0 Å². The van der Waals surface area contributed by atoms with Gasteiger partial charge in [0.2, 0.25) is 0 Å². The number of aliphatic carboxylic acids is 1. The van der Waals surface area contributed by atoms with Gasteiger partial charge in [0.15, 0.2) is 0 Å². The van der Waals surface area contributed by atoms with Gasteiger partial charge >= 0.3 is 11.9 Å². The minimum atomic E-state index is -0.902. The average molecular weight is 280 g/mol. The standard InChI is InChI=1S/C16H24O4/c1-16(2)9-7-11(8-10-16)20-15(19)13-6-4-3-5-12(13)14(17)18/h3-4,11-13H,5-10H2,1-2H3,(H,17,18). The zero-order valence-corrected chi connectivity index (χ0v) is 12.3. The molecule has 4 nitrogen and oxygen atoms in total. The average Bonchev–Trinajstić information content (AvgIpc) is 2.41. The van der Waals surface area contributed by atoms with Gasteiger partial charge in [0.25, 0.3) is 0 Å². The van der Waals surface area contributed by atoms with Crippen molar-refractivity contribution in [3.05, 3.63) is 12.2 Å². The van der Waals surface area contributed by atoms with E-state index in [9.17, 15) is 14.7 Å². The van der Waals surface area contributed by atoms with Crippen LogP contribution in [0.3, 0.4) is 0 Å². The predicted molar refractivity (Wildman–Crippen MR) is 75.1 cm³/mol. The number of hydrogen-bond donors (Lipinski definition) is 1. The van der Waals surface area contributed by atoms with E-state index >= 15 is 0 Å². The Morgan fingerprint density at radius 1 is 1.10 bits per heavy atom. The second-order valence-electron chi connectivity index (χ2n) is 6.79. The van der Waals surface area contributed by atoms with Crippen molar-refractivity contribution >= 4 is 11.9 Å². The van der Waals surface area contributed by atoms with Gasteiger partial charge in [-0.15, -0.1) is 0 Å². The largest absolute Gasteiger partial charge is 0.481 e. The molecule has 0 aromatic carbocycles. The first-order chi connectivity index (χ1) is 9.39. The lowest BCUT2D eigenvalue weighted by Crippen LogP contribution is -2.36. The highest BCUT2D eigenvalue weighted by molar-refractivity contribution is 5.81. The highest BCUT2D eigenvalue weighted by atomic mass is 16.5. The molecule has 4 heteroatoms. The summed E-state index contributed by atoms with van der Waals surface area (Å²) in [7, 11) is 0. The molecule has 2 aliphatic rings. The number of hydrogen-bond acceptors (Lipinski definition) is 3. The zero-order chi connectivity index (χ0) is 14.8. The van der Waals surface area contributed by atoms with Crippen LogP contribution in [-0.2, 0) is 14.3 Å². The van der Waals surface area contributed by atoms with E-state index in [1.807, 2.05) is 12.2 Å². The van der Waals surface area contributed by atoms with Gasteiger partial charge in [0.05, 0.1) is 11.8 Å². The highest BCUT2D eigenvalue weighted by Gasteiger charge is 2.37. The number of rotatable bonds is 3. The van der Waals surface area contributed by atoms with Gasteiger partial charge in [-0.3, -0.25) is 9.59 Å². The van der Waals surface area contributed by atoms with Gasteiger partial charge in [-0.05, 0) is 43.9 Å². The molecule has 20 heavy (non-hydrogen) atoms. The predicted octanol–water partition coefficient (Wildman–Crippen LogP) is 3.17. The first-order valence-electron chi connectivity index (χ1n) is 7.47. The summed E-state index contributed by atoms with van der Waals surface area (Å²) in [5.74, 6) is -2.38. The van der Waals surface area contributed by atoms with Crippen LogP contribution in [0, 0.1) is 17.3 Å². The van der Waals surface area contributed by atoms with Crippen molar-refractivity contribution in [2.45, 2.75) is 58.5 Å². The first kappa shape index (κ1) is 15.1. The zero-order valence-electron chi connectivity index (χ0n) is 12.3. The first-order valence-corrected chi connectivity index (χ1v) is 7.47. The summed E-state index contributed by atoms with van der Waals surface area (Å²) in [6, 6.07) is 0. The van der Waals surface area contributed by atoms with Crippen molar-refractivity contribution in [3.8, 4) is 0 Å². The van der Waals surface area contributed by atoms with E-state index in [-0.39, 0.29) is 12.1 Å². The summed E-state index contributed by atoms with van der Waals surface area (Å²) in [5, 5.41) is 9.19. The van der Waals surface area contributed by atoms with E-state index in [4.69, 9.17) is 4.74 Å². The van der Waals surface area contributed by atoms with E-state index in [1.54, 1.807) is 0 Å². The van der Waals surface area contributed by atoms with Gasteiger partial charge in [-0.2, -0.15) is 0 Å². The third kappa shape index (κ3) is 3.62. The topological polar surface area (TPSA) is 63.6 Å². The molecule has 0 aromatic heterocycles.